The fraction of sp³-hybridized carbons (Fsp3) is 0.583. The number of hydrogen-bond acceptors (Lipinski definition) is 5. The number of carbonyl (C=O) groups excluding carboxylic acids is 1. The normalized spacial score (nSPS) is 29.2. The molecule has 21 heavy (non-hydrogen) atoms. The molecule has 9 heteroatoms. The van der Waals surface area contributed by atoms with E-state index in [0.29, 0.717) is 19.3 Å². The van der Waals surface area contributed by atoms with Gasteiger partial charge in [-0.3, -0.25) is 4.79 Å². The van der Waals surface area contributed by atoms with Gasteiger partial charge in [-0.1, -0.05) is 6.42 Å². The molecule has 2 heterocycles. The summed E-state index contributed by atoms with van der Waals surface area (Å²) in [5.74, 6) is -2.22. The Kier molecular flexibility index (Phi) is 3.28. The highest BCUT2D eigenvalue weighted by atomic mass is 32.1. The van der Waals surface area contributed by atoms with Crippen LogP contribution in [0.2, 0.25) is 0 Å². The molecule has 3 rings (SSSR count). The Morgan fingerprint density at radius 3 is 2.86 bits per heavy atom. The summed E-state index contributed by atoms with van der Waals surface area (Å²) >= 11 is 1.09. The Bertz CT molecular complexity index is 587. The number of hydrazone groups is 1. The second-order valence-corrected chi connectivity index (χ2v) is 5.82. The van der Waals surface area contributed by atoms with Gasteiger partial charge in [0.05, 0.1) is 11.4 Å². The van der Waals surface area contributed by atoms with E-state index in [9.17, 15) is 23.1 Å². The van der Waals surface area contributed by atoms with Crippen LogP contribution in [0.4, 0.5) is 13.2 Å². The molecule has 1 aliphatic heterocycles. The summed E-state index contributed by atoms with van der Waals surface area (Å²) in [6.45, 7) is 0. The number of hydrogen-bond donors (Lipinski definition) is 1. The lowest BCUT2D eigenvalue weighted by Gasteiger charge is -2.37. The van der Waals surface area contributed by atoms with Crippen LogP contribution in [0.3, 0.4) is 0 Å². The third-order valence-corrected chi connectivity index (χ3v) is 4.46. The van der Waals surface area contributed by atoms with Crippen molar-refractivity contribution in [3.8, 4) is 0 Å². The highest BCUT2D eigenvalue weighted by Gasteiger charge is 2.68. The lowest BCUT2D eigenvalue weighted by molar-refractivity contribution is -0.312. The van der Waals surface area contributed by atoms with Gasteiger partial charge in [0, 0.05) is 11.1 Å². The average molecular weight is 319 g/mol. The number of rotatable bonds is 1. The van der Waals surface area contributed by atoms with E-state index in [4.69, 9.17) is 0 Å². The molecule has 1 aliphatic carbocycles. The van der Waals surface area contributed by atoms with Crippen molar-refractivity contribution in [2.24, 2.45) is 11.0 Å². The Morgan fingerprint density at radius 2 is 2.24 bits per heavy atom. The van der Waals surface area contributed by atoms with Crippen molar-refractivity contribution in [1.29, 1.82) is 0 Å². The molecule has 2 aliphatic rings. The first kappa shape index (κ1) is 14.5. The molecule has 0 saturated heterocycles. The quantitative estimate of drug-likeness (QED) is 0.864. The molecule has 0 radical (unpaired) electrons. The number of thiazole rings is 1. The lowest BCUT2D eigenvalue weighted by atomic mass is 9.80. The van der Waals surface area contributed by atoms with Gasteiger partial charge >= 0.3 is 6.18 Å². The third-order valence-electron chi connectivity index (χ3n) is 3.88. The summed E-state index contributed by atoms with van der Waals surface area (Å²) in [7, 11) is 0. The van der Waals surface area contributed by atoms with E-state index >= 15 is 0 Å². The van der Waals surface area contributed by atoms with E-state index < -0.39 is 23.7 Å². The van der Waals surface area contributed by atoms with Crippen molar-refractivity contribution in [3.05, 3.63) is 16.6 Å². The van der Waals surface area contributed by atoms with E-state index in [0.717, 1.165) is 11.3 Å². The maximum absolute atomic E-state index is 13.4. The molecule has 0 spiro atoms. The number of amides is 1. The summed E-state index contributed by atoms with van der Waals surface area (Å²) in [6, 6.07) is 0. The minimum atomic E-state index is -4.98. The van der Waals surface area contributed by atoms with Crippen molar-refractivity contribution in [2.75, 3.05) is 0 Å². The van der Waals surface area contributed by atoms with Crippen LogP contribution in [-0.4, -0.2) is 38.6 Å². The zero-order chi connectivity index (χ0) is 15.3. The van der Waals surface area contributed by atoms with Crippen molar-refractivity contribution < 1.29 is 23.1 Å². The van der Waals surface area contributed by atoms with E-state index in [1.807, 2.05) is 0 Å². The van der Waals surface area contributed by atoms with Crippen LogP contribution in [0.25, 0.3) is 0 Å². The predicted molar refractivity (Wildman–Crippen MR) is 68.7 cm³/mol. The first-order valence-electron chi connectivity index (χ1n) is 6.45. The molecule has 2 atom stereocenters. The Balaban J connectivity index is 2.04. The molecule has 1 aromatic rings. The molecular weight excluding hydrogens is 307 g/mol. The van der Waals surface area contributed by atoms with Crippen molar-refractivity contribution in [3.63, 3.8) is 0 Å². The molecule has 0 unspecified atom stereocenters. The third kappa shape index (κ3) is 2.06. The number of fused-ring (bicyclic) bond motifs is 1. The first-order valence-corrected chi connectivity index (χ1v) is 7.39. The summed E-state index contributed by atoms with van der Waals surface area (Å²) < 4.78 is 40.3. The van der Waals surface area contributed by atoms with Gasteiger partial charge in [-0.2, -0.15) is 23.3 Å². The summed E-state index contributed by atoms with van der Waals surface area (Å²) in [5.41, 5.74) is -1.84. The van der Waals surface area contributed by atoms with Crippen LogP contribution in [-0.2, 0) is 0 Å². The number of aliphatic hydroxyl groups is 1. The van der Waals surface area contributed by atoms with E-state index in [-0.39, 0.29) is 22.8 Å². The predicted octanol–water partition coefficient (Wildman–Crippen LogP) is 2.40. The van der Waals surface area contributed by atoms with Gasteiger partial charge in [0.15, 0.2) is 0 Å². The van der Waals surface area contributed by atoms with Gasteiger partial charge in [0.2, 0.25) is 0 Å². The van der Waals surface area contributed by atoms with Gasteiger partial charge in [-0.15, -0.1) is 11.3 Å². The van der Waals surface area contributed by atoms with Crippen LogP contribution in [0.5, 0.6) is 0 Å². The van der Waals surface area contributed by atoms with Crippen LogP contribution >= 0.6 is 11.3 Å². The molecule has 0 bridgehead atoms. The number of aromatic nitrogens is 1. The van der Waals surface area contributed by atoms with E-state index in [1.54, 1.807) is 0 Å². The number of halogens is 3. The smallest absolute Gasteiger partial charge is 0.362 e. The molecule has 1 fully saturated rings. The van der Waals surface area contributed by atoms with Crippen molar-refractivity contribution in [2.45, 2.75) is 37.6 Å². The van der Waals surface area contributed by atoms with Crippen LogP contribution in [0, 0.1) is 5.92 Å². The fourth-order valence-electron chi connectivity index (χ4n) is 2.85. The molecule has 114 valence electrons. The molecular formula is C12H12F3N3O2S. The van der Waals surface area contributed by atoms with Gasteiger partial charge in [0.1, 0.15) is 5.69 Å². The zero-order valence-corrected chi connectivity index (χ0v) is 11.6. The van der Waals surface area contributed by atoms with Crippen molar-refractivity contribution in [1.82, 2.24) is 9.99 Å². The first-order chi connectivity index (χ1) is 9.85. The maximum Gasteiger partial charge on any atom is 0.439 e. The number of carbonyl (C=O) groups is 1. The Morgan fingerprint density at radius 1 is 1.48 bits per heavy atom. The largest absolute Gasteiger partial charge is 0.439 e. The van der Waals surface area contributed by atoms with E-state index in [2.05, 4.69) is 10.1 Å². The summed E-state index contributed by atoms with van der Waals surface area (Å²) in [4.78, 5) is 15.9. The maximum atomic E-state index is 13.4. The molecule has 1 saturated carbocycles. The minimum absolute atomic E-state index is 0.148. The Hall–Kier alpha value is -1.48. The molecule has 1 amide bonds. The number of nitrogens with zero attached hydrogens (tertiary/aromatic N) is 3. The average Bonchev–Trinajstić information content (AvgIpc) is 3.05. The summed E-state index contributed by atoms with van der Waals surface area (Å²) in [6.07, 6.45) is -3.17. The number of alkyl halides is 3. The lowest BCUT2D eigenvalue weighted by Crippen LogP contribution is -2.61. The van der Waals surface area contributed by atoms with Crippen LogP contribution in [0.15, 0.2) is 16.0 Å². The fourth-order valence-corrected chi connectivity index (χ4v) is 3.37. The summed E-state index contributed by atoms with van der Waals surface area (Å²) in [5, 5.41) is 15.6. The highest BCUT2D eigenvalue weighted by Crippen LogP contribution is 2.48. The molecule has 1 N–H and O–H groups in total. The van der Waals surface area contributed by atoms with Crippen LogP contribution < -0.4 is 0 Å². The molecule has 1 aromatic heterocycles. The second kappa shape index (κ2) is 4.77. The minimum Gasteiger partial charge on any atom is -0.362 e. The zero-order valence-electron chi connectivity index (χ0n) is 10.8. The van der Waals surface area contributed by atoms with Gasteiger partial charge in [-0.25, -0.2) is 4.98 Å². The van der Waals surface area contributed by atoms with Gasteiger partial charge in [0.25, 0.3) is 11.6 Å². The topological polar surface area (TPSA) is 65.8 Å². The van der Waals surface area contributed by atoms with Gasteiger partial charge < -0.3 is 5.11 Å². The Labute approximate surface area is 122 Å². The molecule has 5 nitrogen and oxygen atoms in total. The highest BCUT2D eigenvalue weighted by molar-refractivity contribution is 7.07. The van der Waals surface area contributed by atoms with E-state index in [1.165, 1.54) is 10.9 Å². The van der Waals surface area contributed by atoms with Crippen LogP contribution in [0.1, 0.15) is 36.2 Å². The SMILES string of the molecule is O=C(c1cscn1)N1N=C2CCCC[C@@H]2[C@@]1(O)C(F)(F)F. The second-order valence-electron chi connectivity index (χ2n) is 5.10. The van der Waals surface area contributed by atoms with Gasteiger partial charge in [-0.05, 0) is 19.3 Å². The molecule has 0 aromatic carbocycles. The standard InChI is InChI=1S/C12H12F3N3O2S/c13-12(14,15)11(20)7-3-1-2-4-8(7)17-18(11)10(19)9-5-21-6-16-9/h5-7,20H,1-4H2/t7-,11+/m0/s1. The van der Waals surface area contributed by atoms with Crippen molar-refractivity contribution >= 4 is 23.0 Å². The monoisotopic (exact) mass is 319 g/mol.